The van der Waals surface area contributed by atoms with Crippen molar-refractivity contribution in [2.45, 2.75) is 58.6 Å². The molecule has 1 saturated heterocycles. The molecule has 5 heteroatoms. The highest BCUT2D eigenvalue weighted by atomic mass is 32.2. The lowest BCUT2D eigenvalue weighted by atomic mass is 10.1. The van der Waals surface area contributed by atoms with E-state index in [0.717, 1.165) is 19.3 Å². The van der Waals surface area contributed by atoms with E-state index < -0.39 is 16.1 Å². The van der Waals surface area contributed by atoms with Gasteiger partial charge in [-0.3, -0.25) is 0 Å². The molecule has 17 heavy (non-hydrogen) atoms. The lowest BCUT2D eigenvalue weighted by Gasteiger charge is -2.26. The van der Waals surface area contributed by atoms with Crippen LogP contribution in [0.25, 0.3) is 0 Å². The molecule has 1 rings (SSSR count). The van der Waals surface area contributed by atoms with Crippen molar-refractivity contribution >= 4 is 10.0 Å². The Bertz CT molecular complexity index is 327. The summed E-state index contributed by atoms with van der Waals surface area (Å²) in [6.07, 6.45) is 2.80. The van der Waals surface area contributed by atoms with Gasteiger partial charge < -0.3 is 5.11 Å². The largest absolute Gasteiger partial charge is 0.393 e. The molecule has 0 radical (unpaired) electrons. The van der Waals surface area contributed by atoms with Crippen LogP contribution in [-0.4, -0.2) is 42.3 Å². The summed E-state index contributed by atoms with van der Waals surface area (Å²) in [7, 11) is -3.14. The van der Waals surface area contributed by atoms with Crippen molar-refractivity contribution < 1.29 is 13.5 Å². The standard InChI is InChI=1S/C12H25NO3S/c1-4-10(2)9-17(15,16)13-7-5-6-12(13)8-11(3)14/h10-12,14H,4-9H2,1-3H3. The molecule has 1 heterocycles. The van der Waals surface area contributed by atoms with Gasteiger partial charge in [-0.05, 0) is 32.1 Å². The second-order valence-corrected chi connectivity index (χ2v) is 7.25. The van der Waals surface area contributed by atoms with Crippen LogP contribution >= 0.6 is 0 Å². The Hall–Kier alpha value is -0.130. The second-order valence-electron chi connectivity index (χ2n) is 5.28. The molecule has 1 aliphatic heterocycles. The number of hydrogen-bond donors (Lipinski definition) is 1. The summed E-state index contributed by atoms with van der Waals surface area (Å²) >= 11 is 0. The number of aliphatic hydroxyl groups is 1. The van der Waals surface area contributed by atoms with Gasteiger partial charge in [-0.15, -0.1) is 0 Å². The van der Waals surface area contributed by atoms with Gasteiger partial charge >= 0.3 is 0 Å². The zero-order chi connectivity index (χ0) is 13.1. The van der Waals surface area contributed by atoms with E-state index in [1.807, 2.05) is 13.8 Å². The molecule has 0 aromatic rings. The fourth-order valence-corrected chi connectivity index (χ4v) is 4.58. The van der Waals surface area contributed by atoms with Crippen molar-refractivity contribution in [2.75, 3.05) is 12.3 Å². The first-order chi connectivity index (χ1) is 7.86. The van der Waals surface area contributed by atoms with Gasteiger partial charge in [0.2, 0.25) is 10.0 Å². The monoisotopic (exact) mass is 263 g/mol. The quantitative estimate of drug-likeness (QED) is 0.792. The van der Waals surface area contributed by atoms with E-state index in [1.54, 1.807) is 11.2 Å². The highest BCUT2D eigenvalue weighted by Gasteiger charge is 2.34. The molecule has 0 spiro atoms. The summed E-state index contributed by atoms with van der Waals surface area (Å²) in [5.74, 6) is 0.438. The predicted molar refractivity (Wildman–Crippen MR) is 69.3 cm³/mol. The van der Waals surface area contributed by atoms with Gasteiger partial charge in [0.25, 0.3) is 0 Å². The molecule has 0 bridgehead atoms. The van der Waals surface area contributed by atoms with Gasteiger partial charge in [0.1, 0.15) is 0 Å². The van der Waals surface area contributed by atoms with Gasteiger partial charge in [-0.2, -0.15) is 4.31 Å². The van der Waals surface area contributed by atoms with Crippen molar-refractivity contribution in [3.05, 3.63) is 0 Å². The van der Waals surface area contributed by atoms with E-state index in [2.05, 4.69) is 0 Å². The minimum Gasteiger partial charge on any atom is -0.393 e. The van der Waals surface area contributed by atoms with Crippen molar-refractivity contribution in [3.8, 4) is 0 Å². The minimum atomic E-state index is -3.14. The minimum absolute atomic E-state index is 0.00376. The molecule has 1 fully saturated rings. The Morgan fingerprint density at radius 1 is 1.41 bits per heavy atom. The van der Waals surface area contributed by atoms with Crippen LogP contribution in [0.3, 0.4) is 0 Å². The van der Waals surface area contributed by atoms with Crippen LogP contribution in [0.15, 0.2) is 0 Å². The maximum atomic E-state index is 12.2. The Morgan fingerprint density at radius 3 is 2.59 bits per heavy atom. The Balaban J connectivity index is 2.69. The maximum Gasteiger partial charge on any atom is 0.214 e. The number of nitrogens with zero attached hydrogens (tertiary/aromatic N) is 1. The molecular weight excluding hydrogens is 238 g/mol. The van der Waals surface area contributed by atoms with Crippen LogP contribution in [0.5, 0.6) is 0 Å². The molecule has 0 saturated carbocycles. The highest BCUT2D eigenvalue weighted by molar-refractivity contribution is 7.89. The third-order valence-electron chi connectivity index (χ3n) is 3.49. The Kier molecular flexibility index (Phi) is 5.41. The third-order valence-corrected chi connectivity index (χ3v) is 5.67. The Morgan fingerprint density at radius 2 is 2.06 bits per heavy atom. The molecule has 3 atom stereocenters. The molecule has 4 nitrogen and oxygen atoms in total. The van der Waals surface area contributed by atoms with Gasteiger partial charge in [-0.1, -0.05) is 20.3 Å². The van der Waals surface area contributed by atoms with Gasteiger partial charge in [-0.25, -0.2) is 8.42 Å². The molecule has 102 valence electrons. The van der Waals surface area contributed by atoms with Crippen molar-refractivity contribution in [1.82, 2.24) is 4.31 Å². The fourth-order valence-electron chi connectivity index (χ4n) is 2.38. The van der Waals surface area contributed by atoms with E-state index >= 15 is 0 Å². The molecular formula is C12H25NO3S. The fraction of sp³-hybridized carbons (Fsp3) is 1.00. The van der Waals surface area contributed by atoms with E-state index in [0.29, 0.717) is 13.0 Å². The summed E-state index contributed by atoms with van der Waals surface area (Å²) in [5.41, 5.74) is 0. The molecule has 0 aromatic heterocycles. The van der Waals surface area contributed by atoms with Gasteiger partial charge in [0, 0.05) is 12.6 Å². The second kappa shape index (κ2) is 6.16. The molecule has 0 aromatic carbocycles. The van der Waals surface area contributed by atoms with E-state index in [1.165, 1.54) is 0 Å². The first-order valence-electron chi connectivity index (χ1n) is 6.54. The molecule has 1 aliphatic rings. The number of hydrogen-bond acceptors (Lipinski definition) is 3. The summed E-state index contributed by atoms with van der Waals surface area (Å²) in [6, 6.07) is 0.00376. The lowest BCUT2D eigenvalue weighted by molar-refractivity contribution is 0.157. The number of sulfonamides is 1. The van der Waals surface area contributed by atoms with Crippen LogP contribution < -0.4 is 0 Å². The predicted octanol–water partition coefficient (Wildman–Crippen LogP) is 1.60. The van der Waals surface area contributed by atoms with Gasteiger partial charge in [0.05, 0.1) is 11.9 Å². The number of aliphatic hydroxyl groups excluding tert-OH is 1. The van der Waals surface area contributed by atoms with E-state index in [4.69, 9.17) is 0 Å². The van der Waals surface area contributed by atoms with Crippen LogP contribution in [0.1, 0.15) is 46.5 Å². The van der Waals surface area contributed by atoms with Crippen LogP contribution in [-0.2, 0) is 10.0 Å². The maximum absolute atomic E-state index is 12.2. The average molecular weight is 263 g/mol. The van der Waals surface area contributed by atoms with Crippen molar-refractivity contribution in [1.29, 1.82) is 0 Å². The summed E-state index contributed by atoms with van der Waals surface area (Å²) in [5, 5.41) is 9.40. The summed E-state index contributed by atoms with van der Waals surface area (Å²) < 4.78 is 26.1. The number of rotatable bonds is 6. The van der Waals surface area contributed by atoms with E-state index in [9.17, 15) is 13.5 Å². The highest BCUT2D eigenvalue weighted by Crippen LogP contribution is 2.26. The van der Waals surface area contributed by atoms with E-state index in [-0.39, 0.29) is 17.7 Å². The van der Waals surface area contributed by atoms with Gasteiger partial charge in [0.15, 0.2) is 0 Å². The zero-order valence-corrected chi connectivity index (χ0v) is 11.9. The third kappa shape index (κ3) is 4.23. The molecule has 1 N–H and O–H groups in total. The zero-order valence-electron chi connectivity index (χ0n) is 11.1. The average Bonchev–Trinajstić information content (AvgIpc) is 2.64. The SMILES string of the molecule is CCC(C)CS(=O)(=O)N1CCCC1CC(C)O. The van der Waals surface area contributed by atoms with Crippen LogP contribution in [0.2, 0.25) is 0 Å². The lowest BCUT2D eigenvalue weighted by Crippen LogP contribution is -2.39. The summed E-state index contributed by atoms with van der Waals surface area (Å²) in [6.45, 7) is 6.32. The topological polar surface area (TPSA) is 57.6 Å². The Labute approximate surface area is 105 Å². The normalized spacial score (nSPS) is 26.0. The van der Waals surface area contributed by atoms with Crippen molar-refractivity contribution in [2.24, 2.45) is 5.92 Å². The van der Waals surface area contributed by atoms with Crippen LogP contribution in [0, 0.1) is 5.92 Å². The molecule has 0 aliphatic carbocycles. The molecule has 0 amide bonds. The first kappa shape index (κ1) is 14.9. The first-order valence-corrected chi connectivity index (χ1v) is 8.15. The van der Waals surface area contributed by atoms with Crippen molar-refractivity contribution in [3.63, 3.8) is 0 Å². The molecule has 3 unspecified atom stereocenters. The summed E-state index contributed by atoms with van der Waals surface area (Å²) in [4.78, 5) is 0. The van der Waals surface area contributed by atoms with Crippen LogP contribution in [0.4, 0.5) is 0 Å². The smallest absolute Gasteiger partial charge is 0.214 e.